The molecule has 1 atom stereocenters. The van der Waals surface area contributed by atoms with Crippen molar-refractivity contribution in [2.75, 3.05) is 11.9 Å². The first-order valence-electron chi connectivity index (χ1n) is 6.40. The van der Waals surface area contributed by atoms with Crippen molar-refractivity contribution < 1.29 is 19.4 Å². The lowest BCUT2D eigenvalue weighted by molar-refractivity contribution is -0.137. The van der Waals surface area contributed by atoms with E-state index >= 15 is 0 Å². The minimum absolute atomic E-state index is 0.199. The molecule has 0 saturated heterocycles. The summed E-state index contributed by atoms with van der Waals surface area (Å²) >= 11 is 0. The highest BCUT2D eigenvalue weighted by Gasteiger charge is 2.30. The summed E-state index contributed by atoms with van der Waals surface area (Å²) in [4.78, 5) is 22.8. The normalized spacial score (nSPS) is 16.1. The van der Waals surface area contributed by atoms with Gasteiger partial charge in [-0.3, -0.25) is 14.3 Å². The zero-order chi connectivity index (χ0) is 14.8. The molecule has 0 aliphatic carbocycles. The van der Waals surface area contributed by atoms with Crippen LogP contribution in [0.25, 0.3) is 0 Å². The number of amides is 1. The highest BCUT2D eigenvalue weighted by Crippen LogP contribution is 2.34. The fourth-order valence-electron chi connectivity index (χ4n) is 2.26. The third-order valence-electron chi connectivity index (χ3n) is 3.21. The third kappa shape index (κ3) is 2.71. The van der Waals surface area contributed by atoms with Gasteiger partial charge in [0.25, 0.3) is 0 Å². The van der Waals surface area contributed by atoms with Gasteiger partial charge in [-0.2, -0.15) is 5.10 Å². The Morgan fingerprint density at radius 3 is 3.05 bits per heavy atom. The third-order valence-corrected chi connectivity index (χ3v) is 3.21. The SMILES string of the molecule is O=C(O)Cn1cc(NC(=O)C2COc3ccccc32)cn1. The quantitative estimate of drug-likeness (QED) is 0.877. The number of hydrogen-bond acceptors (Lipinski definition) is 4. The van der Waals surface area contributed by atoms with Gasteiger partial charge >= 0.3 is 5.97 Å². The minimum atomic E-state index is -0.992. The number of carbonyl (C=O) groups is 2. The zero-order valence-electron chi connectivity index (χ0n) is 11.0. The number of ether oxygens (including phenoxy) is 1. The maximum atomic E-state index is 12.3. The highest BCUT2D eigenvalue weighted by molar-refractivity contribution is 5.96. The molecule has 2 N–H and O–H groups in total. The van der Waals surface area contributed by atoms with Gasteiger partial charge in [0.15, 0.2) is 0 Å². The molecule has 0 bridgehead atoms. The number of anilines is 1. The Morgan fingerprint density at radius 1 is 1.43 bits per heavy atom. The van der Waals surface area contributed by atoms with E-state index in [9.17, 15) is 9.59 Å². The Hall–Kier alpha value is -2.83. The minimum Gasteiger partial charge on any atom is -0.492 e. The number of aromatic nitrogens is 2. The maximum absolute atomic E-state index is 12.3. The van der Waals surface area contributed by atoms with Crippen LogP contribution in [0.1, 0.15) is 11.5 Å². The van der Waals surface area contributed by atoms with Crippen molar-refractivity contribution in [3.8, 4) is 5.75 Å². The summed E-state index contributed by atoms with van der Waals surface area (Å²) in [5, 5.41) is 15.3. The van der Waals surface area contributed by atoms with Crippen molar-refractivity contribution >= 4 is 17.6 Å². The summed E-state index contributed by atoms with van der Waals surface area (Å²) in [7, 11) is 0. The molecule has 108 valence electrons. The number of rotatable bonds is 4. The summed E-state index contributed by atoms with van der Waals surface area (Å²) in [5.41, 5.74) is 1.32. The molecule has 0 radical (unpaired) electrons. The van der Waals surface area contributed by atoms with E-state index in [2.05, 4.69) is 10.4 Å². The lowest BCUT2D eigenvalue weighted by Gasteiger charge is -2.08. The van der Waals surface area contributed by atoms with Gasteiger partial charge in [0.1, 0.15) is 24.8 Å². The first-order chi connectivity index (χ1) is 10.1. The first-order valence-corrected chi connectivity index (χ1v) is 6.40. The fraction of sp³-hybridized carbons (Fsp3) is 0.214. The van der Waals surface area contributed by atoms with Crippen molar-refractivity contribution in [3.63, 3.8) is 0 Å². The monoisotopic (exact) mass is 287 g/mol. The average molecular weight is 287 g/mol. The molecule has 2 aromatic rings. The number of carbonyl (C=O) groups excluding carboxylic acids is 1. The molecule has 0 saturated carbocycles. The first kappa shape index (κ1) is 13.2. The van der Waals surface area contributed by atoms with Crippen molar-refractivity contribution in [2.24, 2.45) is 0 Å². The molecule has 1 unspecified atom stereocenters. The molecular formula is C14H13N3O4. The lowest BCUT2D eigenvalue weighted by Crippen LogP contribution is -2.22. The molecule has 7 heteroatoms. The molecule has 1 aliphatic rings. The van der Waals surface area contributed by atoms with Gasteiger partial charge in [0.2, 0.25) is 5.91 Å². The number of nitrogens with one attached hydrogen (secondary N) is 1. The second kappa shape index (κ2) is 5.28. The number of para-hydroxylation sites is 1. The fourth-order valence-corrected chi connectivity index (χ4v) is 2.26. The molecule has 3 rings (SSSR count). The van der Waals surface area contributed by atoms with Gasteiger partial charge in [0.05, 0.1) is 11.9 Å². The van der Waals surface area contributed by atoms with Crippen LogP contribution in [0.2, 0.25) is 0 Å². The van der Waals surface area contributed by atoms with Gasteiger partial charge in [-0.05, 0) is 6.07 Å². The van der Waals surface area contributed by atoms with Crippen LogP contribution < -0.4 is 10.1 Å². The molecule has 1 amide bonds. The van der Waals surface area contributed by atoms with Gasteiger partial charge in [-0.15, -0.1) is 0 Å². The molecule has 7 nitrogen and oxygen atoms in total. The molecule has 2 heterocycles. The number of carboxylic acid groups (broad SMARTS) is 1. The van der Waals surface area contributed by atoms with Gasteiger partial charge in [-0.1, -0.05) is 18.2 Å². The van der Waals surface area contributed by atoms with Gasteiger partial charge < -0.3 is 15.2 Å². The van der Waals surface area contributed by atoms with Crippen LogP contribution in [-0.2, 0) is 16.1 Å². The van der Waals surface area contributed by atoms with Crippen LogP contribution in [0.5, 0.6) is 5.75 Å². The topological polar surface area (TPSA) is 93.5 Å². The number of carboxylic acids is 1. The van der Waals surface area contributed by atoms with Crippen LogP contribution in [-0.4, -0.2) is 33.4 Å². The van der Waals surface area contributed by atoms with E-state index in [1.54, 1.807) is 0 Å². The Kier molecular flexibility index (Phi) is 3.31. The summed E-state index contributed by atoms with van der Waals surface area (Å²) in [6.45, 7) is 0.0552. The van der Waals surface area contributed by atoms with E-state index < -0.39 is 5.97 Å². The van der Waals surface area contributed by atoms with E-state index in [0.717, 1.165) is 11.3 Å². The maximum Gasteiger partial charge on any atom is 0.325 e. The lowest BCUT2D eigenvalue weighted by atomic mass is 10.0. The number of nitrogens with zero attached hydrogens (tertiary/aromatic N) is 2. The largest absolute Gasteiger partial charge is 0.492 e. The number of aliphatic carboxylic acids is 1. The Labute approximate surface area is 120 Å². The van der Waals surface area contributed by atoms with Gasteiger partial charge in [-0.25, -0.2) is 0 Å². The van der Waals surface area contributed by atoms with Crippen LogP contribution in [0.15, 0.2) is 36.7 Å². The van der Waals surface area contributed by atoms with Crippen molar-refractivity contribution in [2.45, 2.75) is 12.5 Å². The average Bonchev–Trinajstić information content (AvgIpc) is 3.04. The second-order valence-corrected chi connectivity index (χ2v) is 4.71. The Balaban J connectivity index is 1.70. The molecule has 21 heavy (non-hydrogen) atoms. The molecule has 0 spiro atoms. The molecule has 1 aromatic heterocycles. The van der Waals surface area contributed by atoms with E-state index in [0.29, 0.717) is 12.3 Å². The zero-order valence-corrected chi connectivity index (χ0v) is 11.0. The summed E-state index contributed by atoms with van der Waals surface area (Å²) in [6, 6.07) is 7.40. The second-order valence-electron chi connectivity index (χ2n) is 4.71. The summed E-state index contributed by atoms with van der Waals surface area (Å²) in [6.07, 6.45) is 2.90. The highest BCUT2D eigenvalue weighted by atomic mass is 16.5. The summed E-state index contributed by atoms with van der Waals surface area (Å²) < 4.78 is 6.72. The van der Waals surface area contributed by atoms with E-state index in [1.165, 1.54) is 17.1 Å². The summed E-state index contributed by atoms with van der Waals surface area (Å²) in [5.74, 6) is -0.841. The van der Waals surface area contributed by atoms with Crippen LogP contribution in [0.3, 0.4) is 0 Å². The van der Waals surface area contributed by atoms with Crippen molar-refractivity contribution in [1.29, 1.82) is 0 Å². The Morgan fingerprint density at radius 2 is 2.24 bits per heavy atom. The Bertz CT molecular complexity index is 695. The number of benzene rings is 1. The van der Waals surface area contributed by atoms with Gasteiger partial charge in [0, 0.05) is 11.8 Å². The van der Waals surface area contributed by atoms with E-state index in [1.807, 2.05) is 24.3 Å². The standard InChI is InChI=1S/C14H13N3O4/c18-13(19)7-17-6-9(5-15-17)16-14(20)11-8-21-12-4-2-1-3-10(11)12/h1-6,11H,7-8H2,(H,16,20)(H,18,19). The van der Waals surface area contributed by atoms with Crippen molar-refractivity contribution in [1.82, 2.24) is 9.78 Å². The number of hydrogen-bond donors (Lipinski definition) is 2. The predicted molar refractivity (Wildman–Crippen MR) is 73.2 cm³/mol. The predicted octanol–water partition coefficient (Wildman–Crippen LogP) is 1.08. The van der Waals surface area contributed by atoms with E-state index in [-0.39, 0.29) is 18.4 Å². The van der Waals surface area contributed by atoms with E-state index in [4.69, 9.17) is 9.84 Å². The molecule has 0 fully saturated rings. The molecule has 1 aromatic carbocycles. The van der Waals surface area contributed by atoms with Crippen LogP contribution in [0, 0.1) is 0 Å². The van der Waals surface area contributed by atoms with Crippen LogP contribution >= 0.6 is 0 Å². The smallest absolute Gasteiger partial charge is 0.325 e. The van der Waals surface area contributed by atoms with Crippen LogP contribution in [0.4, 0.5) is 5.69 Å². The molecular weight excluding hydrogens is 274 g/mol. The number of fused-ring (bicyclic) bond motifs is 1. The molecule has 1 aliphatic heterocycles. The van der Waals surface area contributed by atoms with Crippen molar-refractivity contribution in [3.05, 3.63) is 42.2 Å².